The van der Waals surface area contributed by atoms with Crippen LogP contribution in [0.3, 0.4) is 0 Å². The van der Waals surface area contributed by atoms with Crippen molar-refractivity contribution in [3.8, 4) is 0 Å². The number of nitrogens with one attached hydrogen (secondary N) is 2. The Morgan fingerprint density at radius 3 is 2.68 bits per heavy atom. The quantitative estimate of drug-likeness (QED) is 0.568. The minimum atomic E-state index is -0.240. The van der Waals surface area contributed by atoms with E-state index in [2.05, 4.69) is 29.5 Å². The normalized spacial score (nSPS) is 24.6. The molecule has 0 bridgehead atoms. The summed E-state index contributed by atoms with van der Waals surface area (Å²) in [6, 6.07) is 0. The summed E-state index contributed by atoms with van der Waals surface area (Å²) >= 11 is 0. The average molecular weight is 271 g/mol. The maximum absolute atomic E-state index is 5.77. The van der Waals surface area contributed by atoms with Gasteiger partial charge in [0.1, 0.15) is 0 Å². The number of hydrogen-bond donors (Lipinski definition) is 2. The van der Waals surface area contributed by atoms with Crippen molar-refractivity contribution < 1.29 is 9.47 Å². The minimum absolute atomic E-state index is 0.0625. The maximum Gasteiger partial charge on any atom is 0.191 e. The minimum Gasteiger partial charge on any atom is -0.377 e. The second-order valence-electron chi connectivity index (χ2n) is 5.91. The summed E-state index contributed by atoms with van der Waals surface area (Å²) in [4.78, 5) is 4.56. The monoisotopic (exact) mass is 271 g/mol. The largest absolute Gasteiger partial charge is 0.377 e. The second-order valence-corrected chi connectivity index (χ2v) is 5.91. The van der Waals surface area contributed by atoms with E-state index in [-0.39, 0.29) is 11.2 Å². The van der Waals surface area contributed by atoms with Crippen LogP contribution in [0, 0.1) is 0 Å². The van der Waals surface area contributed by atoms with E-state index in [0.29, 0.717) is 6.54 Å². The molecule has 1 fully saturated rings. The molecule has 0 spiro atoms. The molecule has 1 rings (SSSR count). The van der Waals surface area contributed by atoms with Gasteiger partial charge in [-0.15, -0.1) is 0 Å². The average Bonchev–Trinajstić information content (AvgIpc) is 2.80. The van der Waals surface area contributed by atoms with Gasteiger partial charge in [0.15, 0.2) is 5.96 Å². The Hall–Kier alpha value is -0.810. The van der Waals surface area contributed by atoms with Gasteiger partial charge in [-0.3, -0.25) is 4.99 Å². The van der Waals surface area contributed by atoms with E-state index >= 15 is 0 Å². The van der Waals surface area contributed by atoms with Crippen LogP contribution in [0.25, 0.3) is 0 Å². The molecule has 112 valence electrons. The summed E-state index contributed by atoms with van der Waals surface area (Å²) in [6.07, 6.45) is 2.24. The molecule has 0 aromatic heterocycles. The van der Waals surface area contributed by atoms with Gasteiger partial charge < -0.3 is 20.1 Å². The first-order valence-electron chi connectivity index (χ1n) is 7.12. The molecule has 5 nitrogen and oxygen atoms in total. The summed E-state index contributed by atoms with van der Waals surface area (Å²) in [5.41, 5.74) is -0.303. The molecule has 5 heteroatoms. The van der Waals surface area contributed by atoms with Crippen LogP contribution in [0.4, 0.5) is 0 Å². The number of hydrogen-bond acceptors (Lipinski definition) is 3. The van der Waals surface area contributed by atoms with Crippen molar-refractivity contribution >= 4 is 5.96 Å². The van der Waals surface area contributed by atoms with E-state index in [0.717, 1.165) is 38.5 Å². The lowest BCUT2D eigenvalue weighted by atomic mass is 10.0. The first-order valence-corrected chi connectivity index (χ1v) is 7.12. The van der Waals surface area contributed by atoms with Gasteiger partial charge in [0, 0.05) is 26.8 Å². The Morgan fingerprint density at radius 1 is 1.42 bits per heavy atom. The highest BCUT2D eigenvalue weighted by atomic mass is 16.5. The molecule has 0 saturated carbocycles. The van der Waals surface area contributed by atoms with E-state index in [9.17, 15) is 0 Å². The summed E-state index contributed by atoms with van der Waals surface area (Å²) in [6.45, 7) is 11.4. The van der Waals surface area contributed by atoms with Crippen LogP contribution in [-0.2, 0) is 9.47 Å². The van der Waals surface area contributed by atoms with Crippen molar-refractivity contribution in [2.24, 2.45) is 4.99 Å². The zero-order chi connectivity index (χ0) is 14.4. The van der Waals surface area contributed by atoms with E-state index in [1.807, 2.05) is 13.8 Å². The molecule has 1 saturated heterocycles. The van der Waals surface area contributed by atoms with Crippen LogP contribution in [0.5, 0.6) is 0 Å². The first-order chi connectivity index (χ1) is 8.91. The third-order valence-electron chi connectivity index (χ3n) is 3.45. The molecule has 0 aliphatic carbocycles. The molecule has 1 heterocycles. The predicted octanol–water partition coefficient (Wildman–Crippen LogP) is 1.54. The molecule has 1 atom stereocenters. The van der Waals surface area contributed by atoms with Gasteiger partial charge in [-0.1, -0.05) is 0 Å². The van der Waals surface area contributed by atoms with Crippen molar-refractivity contribution in [3.63, 3.8) is 0 Å². The molecule has 0 radical (unpaired) electrons. The molecular formula is C14H29N3O2. The summed E-state index contributed by atoms with van der Waals surface area (Å²) in [5.74, 6) is 0.823. The Balaban J connectivity index is 2.49. The lowest BCUT2D eigenvalue weighted by Crippen LogP contribution is -2.46. The van der Waals surface area contributed by atoms with Crippen LogP contribution >= 0.6 is 0 Å². The highest BCUT2D eigenvalue weighted by Crippen LogP contribution is 2.23. The number of aliphatic imine (C=N–C) groups is 1. The van der Waals surface area contributed by atoms with Crippen LogP contribution in [0.1, 0.15) is 40.5 Å². The Kier molecular flexibility index (Phi) is 6.07. The molecule has 0 amide bonds. The second kappa shape index (κ2) is 7.10. The van der Waals surface area contributed by atoms with Crippen molar-refractivity contribution in [2.45, 2.75) is 51.7 Å². The zero-order valence-electron chi connectivity index (χ0n) is 13.0. The van der Waals surface area contributed by atoms with Crippen LogP contribution < -0.4 is 10.6 Å². The van der Waals surface area contributed by atoms with Crippen LogP contribution in [0.15, 0.2) is 4.99 Å². The lowest BCUT2D eigenvalue weighted by Gasteiger charge is -2.25. The van der Waals surface area contributed by atoms with Gasteiger partial charge in [0.25, 0.3) is 0 Å². The van der Waals surface area contributed by atoms with Gasteiger partial charge >= 0.3 is 0 Å². The van der Waals surface area contributed by atoms with E-state index < -0.39 is 0 Å². The smallest absolute Gasteiger partial charge is 0.191 e. The van der Waals surface area contributed by atoms with E-state index in [1.165, 1.54) is 0 Å². The van der Waals surface area contributed by atoms with Gasteiger partial charge in [-0.05, 0) is 40.5 Å². The summed E-state index contributed by atoms with van der Waals surface area (Å²) < 4.78 is 11.1. The highest BCUT2D eigenvalue weighted by Gasteiger charge is 2.29. The number of nitrogens with zero attached hydrogens (tertiary/aromatic N) is 1. The molecule has 1 aliphatic heterocycles. The van der Waals surface area contributed by atoms with Crippen LogP contribution in [0.2, 0.25) is 0 Å². The van der Waals surface area contributed by atoms with Crippen LogP contribution in [-0.4, -0.2) is 50.5 Å². The topological polar surface area (TPSA) is 54.9 Å². The first kappa shape index (κ1) is 16.2. The third kappa shape index (κ3) is 5.78. The van der Waals surface area contributed by atoms with Crippen molar-refractivity contribution in [3.05, 3.63) is 0 Å². The Bertz CT molecular complexity index is 297. The van der Waals surface area contributed by atoms with Gasteiger partial charge in [-0.25, -0.2) is 0 Å². The van der Waals surface area contributed by atoms with Crippen molar-refractivity contribution in [1.82, 2.24) is 10.6 Å². The number of guanidine groups is 1. The lowest BCUT2D eigenvalue weighted by molar-refractivity contribution is 0.0239. The third-order valence-corrected chi connectivity index (χ3v) is 3.45. The molecule has 0 aromatic carbocycles. The summed E-state index contributed by atoms with van der Waals surface area (Å²) in [7, 11) is 1.71. The summed E-state index contributed by atoms with van der Waals surface area (Å²) in [5, 5.41) is 6.61. The molecule has 1 aliphatic rings. The fraction of sp³-hybridized carbons (Fsp3) is 0.929. The predicted molar refractivity (Wildman–Crippen MR) is 78.7 cm³/mol. The molecule has 2 N–H and O–H groups in total. The zero-order valence-corrected chi connectivity index (χ0v) is 13.0. The van der Waals surface area contributed by atoms with Gasteiger partial charge in [0.05, 0.1) is 17.7 Å². The highest BCUT2D eigenvalue weighted by molar-refractivity contribution is 5.79. The molecular weight excluding hydrogens is 242 g/mol. The fourth-order valence-corrected chi connectivity index (χ4v) is 1.92. The molecule has 0 aromatic rings. The van der Waals surface area contributed by atoms with Gasteiger partial charge in [-0.2, -0.15) is 0 Å². The Labute approximate surface area is 117 Å². The SMILES string of the molecule is CCNC(=NCC(C)(C)OC)NCC1(C)CCCO1. The van der Waals surface area contributed by atoms with Crippen molar-refractivity contribution in [1.29, 1.82) is 0 Å². The van der Waals surface area contributed by atoms with Gasteiger partial charge in [0.2, 0.25) is 0 Å². The fourth-order valence-electron chi connectivity index (χ4n) is 1.92. The number of methoxy groups -OCH3 is 1. The molecule has 19 heavy (non-hydrogen) atoms. The van der Waals surface area contributed by atoms with E-state index in [1.54, 1.807) is 7.11 Å². The standard InChI is InChI=1S/C14H29N3O2/c1-6-15-12(16-10-13(2,3)18-5)17-11-14(4)8-7-9-19-14/h6-11H2,1-5H3,(H2,15,16,17). The van der Waals surface area contributed by atoms with E-state index in [4.69, 9.17) is 9.47 Å². The number of ether oxygens (including phenoxy) is 2. The van der Waals surface area contributed by atoms with Crippen molar-refractivity contribution in [2.75, 3.05) is 33.4 Å². The maximum atomic E-state index is 5.77. The Morgan fingerprint density at radius 2 is 2.16 bits per heavy atom. The molecule has 1 unspecified atom stereocenters. The number of rotatable bonds is 6.